The van der Waals surface area contributed by atoms with Crippen molar-refractivity contribution in [2.45, 2.75) is 6.92 Å². The topological polar surface area (TPSA) is 36.7 Å². The molecule has 2 aromatic carbocycles. The van der Waals surface area contributed by atoms with Crippen LogP contribution < -0.4 is 0 Å². The molecule has 0 aliphatic heterocycles. The summed E-state index contributed by atoms with van der Waals surface area (Å²) in [6.45, 7) is 2.08. The molecule has 3 aromatic rings. The molecule has 86 valence electrons. The molecule has 1 aromatic heterocycles. The van der Waals surface area contributed by atoms with Gasteiger partial charge in [0.1, 0.15) is 5.01 Å². The molecule has 0 radical (unpaired) electrons. The number of benzene rings is 2. The van der Waals surface area contributed by atoms with Crippen LogP contribution in [0, 0.1) is 18.3 Å². The quantitative estimate of drug-likeness (QED) is 0.650. The molecule has 0 aliphatic rings. The normalized spacial score (nSPS) is 10.4. The van der Waals surface area contributed by atoms with Gasteiger partial charge in [-0.15, -0.1) is 11.3 Å². The Morgan fingerprint density at radius 2 is 1.89 bits per heavy atom. The van der Waals surface area contributed by atoms with Gasteiger partial charge >= 0.3 is 0 Å². The zero-order chi connectivity index (χ0) is 12.5. The van der Waals surface area contributed by atoms with E-state index in [1.54, 1.807) is 11.3 Å². The summed E-state index contributed by atoms with van der Waals surface area (Å²) in [6.07, 6.45) is 0. The minimum absolute atomic E-state index is 0.677. The van der Waals surface area contributed by atoms with Crippen molar-refractivity contribution < 1.29 is 0 Å². The van der Waals surface area contributed by atoms with E-state index < -0.39 is 0 Å². The second-order valence-electron chi connectivity index (χ2n) is 4.18. The van der Waals surface area contributed by atoms with Gasteiger partial charge in [0.15, 0.2) is 0 Å². The van der Waals surface area contributed by atoms with Crippen molar-refractivity contribution in [3.05, 3.63) is 53.6 Å². The maximum Gasteiger partial charge on any atom is 0.124 e. The molecule has 3 rings (SSSR count). The summed E-state index contributed by atoms with van der Waals surface area (Å²) >= 11 is 1.68. The van der Waals surface area contributed by atoms with E-state index in [1.807, 2.05) is 30.3 Å². The van der Waals surface area contributed by atoms with Gasteiger partial charge in [-0.2, -0.15) is 5.26 Å². The average molecular weight is 250 g/mol. The molecule has 2 nitrogen and oxygen atoms in total. The van der Waals surface area contributed by atoms with E-state index in [4.69, 9.17) is 5.26 Å². The molecule has 0 unspecified atom stereocenters. The van der Waals surface area contributed by atoms with Gasteiger partial charge in [-0.25, -0.2) is 4.98 Å². The van der Waals surface area contributed by atoms with E-state index in [2.05, 4.69) is 30.1 Å². The summed E-state index contributed by atoms with van der Waals surface area (Å²) in [4.78, 5) is 4.62. The van der Waals surface area contributed by atoms with Crippen LogP contribution in [0.25, 0.3) is 20.8 Å². The molecule has 0 aliphatic carbocycles. The Morgan fingerprint density at radius 3 is 2.61 bits per heavy atom. The van der Waals surface area contributed by atoms with Gasteiger partial charge in [-0.1, -0.05) is 18.2 Å². The number of aryl methyl sites for hydroxylation is 1. The van der Waals surface area contributed by atoms with Gasteiger partial charge in [0.05, 0.1) is 21.8 Å². The van der Waals surface area contributed by atoms with Crippen molar-refractivity contribution in [3.8, 4) is 16.6 Å². The second-order valence-corrected chi connectivity index (χ2v) is 5.21. The third-order valence-corrected chi connectivity index (χ3v) is 3.87. The molecule has 18 heavy (non-hydrogen) atoms. The standard InChI is InChI=1S/C15H10N2S/c1-10-2-7-13-14(8-10)18-15(17-13)12-5-3-11(9-16)4-6-12/h2-8H,1H3. The van der Waals surface area contributed by atoms with Crippen molar-refractivity contribution >= 4 is 21.6 Å². The van der Waals surface area contributed by atoms with E-state index in [-0.39, 0.29) is 0 Å². The van der Waals surface area contributed by atoms with Crippen LogP contribution in [0.4, 0.5) is 0 Å². The van der Waals surface area contributed by atoms with Gasteiger partial charge in [0.25, 0.3) is 0 Å². The fraction of sp³-hybridized carbons (Fsp3) is 0.0667. The number of hydrogen-bond donors (Lipinski definition) is 0. The van der Waals surface area contributed by atoms with Crippen LogP contribution in [0.1, 0.15) is 11.1 Å². The Morgan fingerprint density at radius 1 is 1.11 bits per heavy atom. The number of nitrogens with zero attached hydrogens (tertiary/aromatic N) is 2. The van der Waals surface area contributed by atoms with Gasteiger partial charge in [-0.05, 0) is 36.8 Å². The molecule has 0 fully saturated rings. The number of rotatable bonds is 1. The highest BCUT2D eigenvalue weighted by molar-refractivity contribution is 7.21. The third kappa shape index (κ3) is 1.87. The molecule has 0 bridgehead atoms. The third-order valence-electron chi connectivity index (χ3n) is 2.80. The predicted molar refractivity (Wildman–Crippen MR) is 74.5 cm³/mol. The van der Waals surface area contributed by atoms with Crippen molar-refractivity contribution in [2.24, 2.45) is 0 Å². The summed E-state index contributed by atoms with van der Waals surface area (Å²) in [6, 6.07) is 15.9. The molecule has 3 heteroatoms. The van der Waals surface area contributed by atoms with E-state index in [9.17, 15) is 0 Å². The first-order valence-electron chi connectivity index (χ1n) is 5.64. The first-order chi connectivity index (χ1) is 8.76. The average Bonchev–Trinajstić information content (AvgIpc) is 2.81. The van der Waals surface area contributed by atoms with Crippen LogP contribution in [-0.4, -0.2) is 4.98 Å². The molecule has 0 atom stereocenters. The zero-order valence-electron chi connectivity index (χ0n) is 9.84. The Kier molecular flexibility index (Phi) is 2.58. The first-order valence-corrected chi connectivity index (χ1v) is 6.45. The van der Waals surface area contributed by atoms with E-state index in [0.717, 1.165) is 16.1 Å². The Labute approximate surface area is 109 Å². The van der Waals surface area contributed by atoms with Gasteiger partial charge in [0.2, 0.25) is 0 Å². The highest BCUT2D eigenvalue weighted by Gasteiger charge is 2.06. The van der Waals surface area contributed by atoms with Crippen molar-refractivity contribution in [2.75, 3.05) is 0 Å². The van der Waals surface area contributed by atoms with Gasteiger partial charge < -0.3 is 0 Å². The number of thiazole rings is 1. The van der Waals surface area contributed by atoms with Crippen LogP contribution in [0.2, 0.25) is 0 Å². The van der Waals surface area contributed by atoms with E-state index in [0.29, 0.717) is 5.56 Å². The summed E-state index contributed by atoms with van der Waals surface area (Å²) < 4.78 is 1.20. The highest BCUT2D eigenvalue weighted by atomic mass is 32.1. The Hall–Kier alpha value is -2.18. The Balaban J connectivity index is 2.10. The monoisotopic (exact) mass is 250 g/mol. The summed E-state index contributed by atoms with van der Waals surface area (Å²) in [5.41, 5.74) is 4.02. The molecule has 0 spiro atoms. The zero-order valence-corrected chi connectivity index (χ0v) is 10.7. The lowest BCUT2D eigenvalue weighted by Gasteiger charge is -1.94. The van der Waals surface area contributed by atoms with Gasteiger partial charge in [-0.3, -0.25) is 0 Å². The van der Waals surface area contributed by atoms with E-state index in [1.165, 1.54) is 10.3 Å². The lowest BCUT2D eigenvalue weighted by molar-refractivity contribution is 1.44. The van der Waals surface area contributed by atoms with Crippen molar-refractivity contribution in [1.29, 1.82) is 5.26 Å². The number of fused-ring (bicyclic) bond motifs is 1. The number of hydrogen-bond acceptors (Lipinski definition) is 3. The maximum absolute atomic E-state index is 8.78. The molecule has 0 saturated heterocycles. The molecule has 0 saturated carbocycles. The molecule has 0 amide bonds. The van der Waals surface area contributed by atoms with Gasteiger partial charge in [0, 0.05) is 5.56 Å². The predicted octanol–water partition coefficient (Wildman–Crippen LogP) is 4.14. The first kappa shape index (κ1) is 10.9. The largest absolute Gasteiger partial charge is 0.236 e. The molecular weight excluding hydrogens is 240 g/mol. The van der Waals surface area contributed by atoms with Crippen molar-refractivity contribution in [3.63, 3.8) is 0 Å². The van der Waals surface area contributed by atoms with Crippen LogP contribution in [0.5, 0.6) is 0 Å². The lowest BCUT2D eigenvalue weighted by Crippen LogP contribution is -1.77. The van der Waals surface area contributed by atoms with Crippen LogP contribution in [0.3, 0.4) is 0 Å². The number of aromatic nitrogens is 1. The second kappa shape index (κ2) is 4.25. The molecular formula is C15H10N2S. The minimum atomic E-state index is 0.677. The summed E-state index contributed by atoms with van der Waals surface area (Å²) in [7, 11) is 0. The Bertz CT molecular complexity index is 748. The van der Waals surface area contributed by atoms with Crippen LogP contribution in [-0.2, 0) is 0 Å². The SMILES string of the molecule is Cc1ccc2nc(-c3ccc(C#N)cc3)sc2c1. The highest BCUT2D eigenvalue weighted by Crippen LogP contribution is 2.30. The van der Waals surface area contributed by atoms with Crippen LogP contribution in [0.15, 0.2) is 42.5 Å². The summed E-state index contributed by atoms with van der Waals surface area (Å²) in [5.74, 6) is 0. The smallest absolute Gasteiger partial charge is 0.124 e. The minimum Gasteiger partial charge on any atom is -0.236 e. The molecule has 0 N–H and O–H groups in total. The van der Waals surface area contributed by atoms with E-state index >= 15 is 0 Å². The van der Waals surface area contributed by atoms with Crippen LogP contribution >= 0.6 is 11.3 Å². The maximum atomic E-state index is 8.78. The lowest BCUT2D eigenvalue weighted by atomic mass is 10.1. The summed E-state index contributed by atoms with van der Waals surface area (Å²) in [5, 5.41) is 9.78. The van der Waals surface area contributed by atoms with Crippen molar-refractivity contribution in [1.82, 2.24) is 4.98 Å². The fourth-order valence-corrected chi connectivity index (χ4v) is 2.91. The fourth-order valence-electron chi connectivity index (χ4n) is 1.84. The molecule has 1 heterocycles. The number of nitriles is 1.